The molecule has 0 aliphatic carbocycles. The minimum Gasteiger partial charge on any atom is -0.453 e. The molecule has 9 nitrogen and oxygen atoms in total. The largest absolute Gasteiger partial charge is 0.453 e. The fraction of sp³-hybridized carbons (Fsp3) is 0.256. The number of nitrogens with one attached hydrogen (secondary N) is 1. The number of amides is 1. The van der Waals surface area contributed by atoms with Gasteiger partial charge in [0, 0.05) is 41.0 Å². The van der Waals surface area contributed by atoms with Crippen LogP contribution in [0.15, 0.2) is 119 Å². The van der Waals surface area contributed by atoms with Crippen LogP contribution in [0.4, 0.5) is 5.69 Å². The first-order valence-corrected chi connectivity index (χ1v) is 17.1. The summed E-state index contributed by atoms with van der Waals surface area (Å²) in [5.41, 5.74) is 5.82. The molecule has 49 heavy (non-hydrogen) atoms. The van der Waals surface area contributed by atoms with Crippen LogP contribution in [0, 0.1) is 5.92 Å². The third-order valence-corrected chi connectivity index (χ3v) is 9.26. The van der Waals surface area contributed by atoms with Gasteiger partial charge in [-0.2, -0.15) is 0 Å². The lowest BCUT2D eigenvalue weighted by atomic mass is 9.91. The fourth-order valence-electron chi connectivity index (χ4n) is 5.67. The standard InChI is InChI=1S/C39H38N2O7S/c1-24-33(23-49-39-41-34(28-10-6-4-7-11-28)36(48-39)29-12-8-5-9-13-29)46-38(47-35(24)30-16-14-27(22-42)15-17-30)31-18-20-32(21-19-31)40-37(44)25(2)45-26(3)43/h4-21,24-25,33,35,38,42H,22-23H2,1-3H3,(H,40,44)/t24-,25+,33+,35+,38+/m1/s1. The second-order valence-corrected chi connectivity index (χ2v) is 12.9. The summed E-state index contributed by atoms with van der Waals surface area (Å²) in [5.74, 6) is 0.273. The van der Waals surface area contributed by atoms with Crippen molar-refractivity contribution >= 4 is 29.3 Å². The smallest absolute Gasteiger partial charge is 0.303 e. The number of hydrogen-bond donors (Lipinski definition) is 2. The highest BCUT2D eigenvalue weighted by atomic mass is 32.2. The maximum atomic E-state index is 12.5. The van der Waals surface area contributed by atoms with E-state index >= 15 is 0 Å². The zero-order valence-electron chi connectivity index (χ0n) is 27.4. The molecule has 5 aromatic rings. The van der Waals surface area contributed by atoms with Gasteiger partial charge in [-0.05, 0) is 30.2 Å². The molecule has 5 atom stereocenters. The number of aromatic nitrogens is 1. The van der Waals surface area contributed by atoms with Gasteiger partial charge in [0.2, 0.25) is 0 Å². The number of carbonyl (C=O) groups is 2. The Morgan fingerprint density at radius 1 is 0.878 bits per heavy atom. The van der Waals surface area contributed by atoms with Crippen LogP contribution in [-0.2, 0) is 30.4 Å². The van der Waals surface area contributed by atoms with Crippen LogP contribution in [0.2, 0.25) is 0 Å². The van der Waals surface area contributed by atoms with E-state index in [-0.39, 0.29) is 24.7 Å². The van der Waals surface area contributed by atoms with Crippen molar-refractivity contribution in [3.8, 4) is 22.6 Å². The van der Waals surface area contributed by atoms with Gasteiger partial charge >= 0.3 is 5.97 Å². The first kappa shape index (κ1) is 34.1. The van der Waals surface area contributed by atoms with Crippen LogP contribution in [-0.4, -0.2) is 39.9 Å². The van der Waals surface area contributed by atoms with Crippen LogP contribution in [0.1, 0.15) is 49.9 Å². The van der Waals surface area contributed by atoms with Gasteiger partial charge < -0.3 is 29.1 Å². The predicted molar refractivity (Wildman–Crippen MR) is 187 cm³/mol. The topological polar surface area (TPSA) is 120 Å². The average molecular weight is 679 g/mol. The van der Waals surface area contributed by atoms with Crippen molar-refractivity contribution in [2.75, 3.05) is 11.1 Å². The highest BCUT2D eigenvalue weighted by Gasteiger charge is 2.38. The van der Waals surface area contributed by atoms with E-state index < -0.39 is 24.3 Å². The van der Waals surface area contributed by atoms with Crippen LogP contribution >= 0.6 is 11.8 Å². The number of anilines is 1. The minimum absolute atomic E-state index is 0.0396. The number of benzene rings is 4. The molecule has 6 rings (SSSR count). The van der Waals surface area contributed by atoms with Crippen molar-refractivity contribution in [3.05, 3.63) is 126 Å². The lowest BCUT2D eigenvalue weighted by molar-refractivity contribution is -0.268. The molecule has 1 fully saturated rings. The number of aliphatic hydroxyl groups excluding tert-OH is 1. The van der Waals surface area contributed by atoms with Gasteiger partial charge in [0.25, 0.3) is 11.1 Å². The molecule has 10 heteroatoms. The zero-order chi connectivity index (χ0) is 34.3. The van der Waals surface area contributed by atoms with Gasteiger partial charge in [-0.3, -0.25) is 9.59 Å². The molecule has 1 aromatic heterocycles. The molecule has 0 radical (unpaired) electrons. The molecule has 0 bridgehead atoms. The lowest BCUT2D eigenvalue weighted by Gasteiger charge is -2.41. The van der Waals surface area contributed by atoms with Crippen molar-refractivity contribution in [3.63, 3.8) is 0 Å². The normalized spacial score (nSPS) is 19.6. The van der Waals surface area contributed by atoms with Gasteiger partial charge in [-0.25, -0.2) is 4.98 Å². The van der Waals surface area contributed by atoms with Crippen molar-refractivity contribution in [2.45, 2.75) is 57.2 Å². The summed E-state index contributed by atoms with van der Waals surface area (Å²) in [7, 11) is 0. The third-order valence-electron chi connectivity index (χ3n) is 8.35. The number of ether oxygens (including phenoxy) is 3. The van der Waals surface area contributed by atoms with Crippen LogP contribution in [0.25, 0.3) is 22.6 Å². The molecule has 0 spiro atoms. The number of thioether (sulfide) groups is 1. The van der Waals surface area contributed by atoms with Crippen LogP contribution < -0.4 is 5.32 Å². The number of aliphatic hydroxyl groups is 1. The van der Waals surface area contributed by atoms with Crippen LogP contribution in [0.3, 0.4) is 0 Å². The number of oxazole rings is 1. The Morgan fingerprint density at radius 2 is 1.51 bits per heavy atom. The highest BCUT2D eigenvalue weighted by Crippen LogP contribution is 2.44. The molecule has 0 unspecified atom stereocenters. The quantitative estimate of drug-likeness (QED) is 0.106. The molecule has 1 aliphatic rings. The Kier molecular flexibility index (Phi) is 10.9. The van der Waals surface area contributed by atoms with Crippen molar-refractivity contribution in [1.82, 2.24) is 4.98 Å². The van der Waals surface area contributed by atoms with Gasteiger partial charge in [0.05, 0.1) is 18.8 Å². The number of nitrogens with zero attached hydrogens (tertiary/aromatic N) is 1. The number of carbonyl (C=O) groups excluding carboxylic acids is 2. The first-order valence-electron chi connectivity index (χ1n) is 16.1. The summed E-state index contributed by atoms with van der Waals surface area (Å²) in [6, 6.07) is 34.9. The minimum atomic E-state index is -0.920. The summed E-state index contributed by atoms with van der Waals surface area (Å²) >= 11 is 1.50. The molecule has 1 amide bonds. The van der Waals surface area contributed by atoms with E-state index in [9.17, 15) is 14.7 Å². The molecule has 4 aromatic carbocycles. The van der Waals surface area contributed by atoms with Crippen molar-refractivity contribution in [1.29, 1.82) is 0 Å². The fourth-order valence-corrected chi connectivity index (χ4v) is 6.66. The molecule has 252 valence electrons. The second kappa shape index (κ2) is 15.7. The lowest BCUT2D eigenvalue weighted by Crippen LogP contribution is -2.38. The summed E-state index contributed by atoms with van der Waals surface area (Å²) < 4.78 is 24.6. The van der Waals surface area contributed by atoms with Gasteiger partial charge in [0.1, 0.15) is 5.69 Å². The number of hydrogen-bond acceptors (Lipinski definition) is 9. The second-order valence-electron chi connectivity index (χ2n) is 11.9. The SMILES string of the molecule is CC(=O)O[C@@H](C)C(=O)Nc1ccc([C@H]2O[C@@H](CSc3nc(-c4ccccc4)c(-c4ccccc4)o3)[C@@H](C)[C@@H](c3ccc(CO)cc3)O2)cc1. The van der Waals surface area contributed by atoms with Crippen LogP contribution in [0.5, 0.6) is 0 Å². The first-order chi connectivity index (χ1) is 23.8. The Hall–Kier alpha value is -4.74. The zero-order valence-corrected chi connectivity index (χ0v) is 28.3. The summed E-state index contributed by atoms with van der Waals surface area (Å²) in [5, 5.41) is 12.9. The molecule has 1 aliphatic heterocycles. The summed E-state index contributed by atoms with van der Waals surface area (Å²) in [6.45, 7) is 4.85. The Morgan fingerprint density at radius 3 is 2.14 bits per heavy atom. The van der Waals surface area contributed by atoms with E-state index in [1.54, 1.807) is 12.1 Å². The number of esters is 1. The van der Waals surface area contributed by atoms with E-state index in [4.69, 9.17) is 23.6 Å². The third kappa shape index (κ3) is 8.29. The van der Waals surface area contributed by atoms with E-state index in [1.165, 1.54) is 25.6 Å². The molecular weight excluding hydrogens is 641 g/mol. The predicted octanol–water partition coefficient (Wildman–Crippen LogP) is 7.97. The monoisotopic (exact) mass is 678 g/mol. The summed E-state index contributed by atoms with van der Waals surface area (Å²) in [4.78, 5) is 28.6. The average Bonchev–Trinajstić information content (AvgIpc) is 3.56. The Bertz CT molecular complexity index is 1790. The van der Waals surface area contributed by atoms with E-state index in [2.05, 4.69) is 12.2 Å². The van der Waals surface area contributed by atoms with E-state index in [0.717, 1.165) is 33.5 Å². The van der Waals surface area contributed by atoms with Crippen molar-refractivity contribution < 1.29 is 33.3 Å². The van der Waals surface area contributed by atoms with Gasteiger partial charge in [0.15, 0.2) is 18.2 Å². The van der Waals surface area contributed by atoms with E-state index in [0.29, 0.717) is 22.4 Å². The maximum absolute atomic E-state index is 12.5. The Balaban J connectivity index is 1.24. The van der Waals surface area contributed by atoms with Gasteiger partial charge in [-0.1, -0.05) is 116 Å². The molecule has 0 saturated carbocycles. The molecular formula is C39H38N2O7S. The number of rotatable bonds is 11. The van der Waals surface area contributed by atoms with E-state index in [1.807, 2.05) is 97.1 Å². The molecule has 2 heterocycles. The molecule has 2 N–H and O–H groups in total. The Labute approximate surface area is 289 Å². The maximum Gasteiger partial charge on any atom is 0.303 e. The summed E-state index contributed by atoms with van der Waals surface area (Å²) in [6.07, 6.45) is -2.16. The highest BCUT2D eigenvalue weighted by molar-refractivity contribution is 7.99. The molecule has 1 saturated heterocycles. The van der Waals surface area contributed by atoms with Gasteiger partial charge in [-0.15, -0.1) is 0 Å². The van der Waals surface area contributed by atoms with Crippen molar-refractivity contribution in [2.24, 2.45) is 5.92 Å².